The molecular weight excluding hydrogens is 444 g/mol. The van der Waals surface area contributed by atoms with Crippen LogP contribution in [0.15, 0.2) is 46.9 Å². The van der Waals surface area contributed by atoms with Gasteiger partial charge >= 0.3 is 0 Å². The highest BCUT2D eigenvalue weighted by molar-refractivity contribution is 9.10. The van der Waals surface area contributed by atoms with Crippen molar-refractivity contribution >= 4 is 27.7 Å². The first-order valence-electron chi connectivity index (χ1n) is 10.3. The summed E-state index contributed by atoms with van der Waals surface area (Å²) in [5, 5.41) is 2.97. The highest BCUT2D eigenvalue weighted by Crippen LogP contribution is 2.22. The second kappa shape index (κ2) is 11.2. The molecule has 5 nitrogen and oxygen atoms in total. The van der Waals surface area contributed by atoms with Gasteiger partial charge in [-0.3, -0.25) is 9.59 Å². The van der Waals surface area contributed by atoms with Crippen LogP contribution in [0.1, 0.15) is 43.9 Å². The van der Waals surface area contributed by atoms with Crippen molar-refractivity contribution in [1.29, 1.82) is 0 Å². The fourth-order valence-corrected chi connectivity index (χ4v) is 3.24. The zero-order valence-corrected chi connectivity index (χ0v) is 20.0. The van der Waals surface area contributed by atoms with E-state index in [-0.39, 0.29) is 24.5 Å². The predicted octanol–water partition coefficient (Wildman–Crippen LogP) is 4.78. The Labute approximate surface area is 187 Å². The molecule has 0 aliphatic rings. The van der Waals surface area contributed by atoms with E-state index in [4.69, 9.17) is 4.74 Å². The maximum Gasteiger partial charge on any atom is 0.261 e. The Bertz CT molecular complexity index is 885. The highest BCUT2D eigenvalue weighted by Gasteiger charge is 2.27. The van der Waals surface area contributed by atoms with Gasteiger partial charge in [0, 0.05) is 17.1 Å². The number of aryl methyl sites for hydroxylation is 2. The van der Waals surface area contributed by atoms with Gasteiger partial charge in [-0.05, 0) is 63.4 Å². The number of rotatable bonds is 9. The van der Waals surface area contributed by atoms with Gasteiger partial charge in [0.15, 0.2) is 6.61 Å². The maximum absolute atomic E-state index is 13.1. The molecule has 0 heterocycles. The van der Waals surface area contributed by atoms with Crippen LogP contribution < -0.4 is 10.1 Å². The molecule has 0 radical (unpaired) electrons. The minimum atomic E-state index is -0.609. The van der Waals surface area contributed by atoms with Crippen LogP contribution in [0.5, 0.6) is 5.75 Å². The zero-order chi connectivity index (χ0) is 22.3. The summed E-state index contributed by atoms with van der Waals surface area (Å²) < 4.78 is 6.72. The second-order valence-electron chi connectivity index (χ2n) is 7.70. The average Bonchev–Trinajstić information content (AvgIpc) is 2.72. The summed E-state index contributed by atoms with van der Waals surface area (Å²) in [6, 6.07) is 13.0. The summed E-state index contributed by atoms with van der Waals surface area (Å²) in [7, 11) is 0. The van der Waals surface area contributed by atoms with E-state index < -0.39 is 6.04 Å². The summed E-state index contributed by atoms with van der Waals surface area (Å²) >= 11 is 3.46. The Morgan fingerprint density at radius 3 is 2.50 bits per heavy atom. The van der Waals surface area contributed by atoms with Crippen molar-refractivity contribution in [3.05, 3.63) is 63.6 Å². The Kier molecular flexibility index (Phi) is 8.90. The topological polar surface area (TPSA) is 58.6 Å². The molecule has 2 aromatic carbocycles. The molecule has 0 saturated heterocycles. The molecule has 0 aliphatic carbocycles. The molecule has 0 unspecified atom stereocenters. The van der Waals surface area contributed by atoms with Crippen molar-refractivity contribution in [1.82, 2.24) is 10.2 Å². The van der Waals surface area contributed by atoms with E-state index in [0.717, 1.165) is 27.6 Å². The van der Waals surface area contributed by atoms with Crippen LogP contribution in [0.4, 0.5) is 0 Å². The number of amides is 2. The van der Waals surface area contributed by atoms with Crippen molar-refractivity contribution in [3.8, 4) is 5.75 Å². The fourth-order valence-electron chi connectivity index (χ4n) is 2.99. The summed E-state index contributed by atoms with van der Waals surface area (Å²) in [5.74, 6) is 0.227. The predicted molar refractivity (Wildman–Crippen MR) is 123 cm³/mol. The number of ether oxygens (including phenoxy) is 1. The first-order valence-corrected chi connectivity index (χ1v) is 11.0. The first-order chi connectivity index (χ1) is 14.2. The van der Waals surface area contributed by atoms with E-state index >= 15 is 0 Å². The van der Waals surface area contributed by atoms with E-state index in [1.165, 1.54) is 0 Å². The van der Waals surface area contributed by atoms with E-state index in [9.17, 15) is 9.59 Å². The third-order valence-corrected chi connectivity index (χ3v) is 5.99. The number of halogens is 1. The maximum atomic E-state index is 13.1. The average molecular weight is 475 g/mol. The van der Waals surface area contributed by atoms with Gasteiger partial charge in [0.05, 0.1) is 0 Å². The summed E-state index contributed by atoms with van der Waals surface area (Å²) in [4.78, 5) is 27.4. The molecule has 1 N–H and O–H groups in total. The fraction of sp³-hybridized carbons (Fsp3) is 0.417. The van der Waals surface area contributed by atoms with Crippen LogP contribution in [0.25, 0.3) is 0 Å². The molecule has 162 valence electrons. The van der Waals surface area contributed by atoms with E-state index in [1.807, 2.05) is 70.2 Å². The minimum Gasteiger partial charge on any atom is -0.484 e. The molecule has 2 amide bonds. The third-order valence-electron chi connectivity index (χ3n) is 5.10. The number of nitrogens with one attached hydrogen (secondary N) is 1. The molecule has 2 aromatic rings. The van der Waals surface area contributed by atoms with Crippen LogP contribution in [0.2, 0.25) is 0 Å². The van der Waals surface area contributed by atoms with Crippen molar-refractivity contribution in [2.24, 2.45) is 0 Å². The van der Waals surface area contributed by atoms with Gasteiger partial charge in [0.2, 0.25) is 5.91 Å². The van der Waals surface area contributed by atoms with Crippen LogP contribution in [0, 0.1) is 13.8 Å². The van der Waals surface area contributed by atoms with E-state index in [0.29, 0.717) is 12.3 Å². The monoisotopic (exact) mass is 474 g/mol. The molecular formula is C24H31BrN2O3. The van der Waals surface area contributed by atoms with Gasteiger partial charge in [0.25, 0.3) is 5.91 Å². The third kappa shape index (κ3) is 6.87. The second-order valence-corrected chi connectivity index (χ2v) is 8.56. The summed E-state index contributed by atoms with van der Waals surface area (Å²) in [6.07, 6.45) is 0.830. The Morgan fingerprint density at radius 2 is 1.87 bits per heavy atom. The zero-order valence-electron chi connectivity index (χ0n) is 18.4. The lowest BCUT2D eigenvalue weighted by Gasteiger charge is -2.29. The highest BCUT2D eigenvalue weighted by atomic mass is 79.9. The minimum absolute atomic E-state index is 0.0536. The number of carbonyl (C=O) groups excluding carboxylic acids is 2. The summed E-state index contributed by atoms with van der Waals surface area (Å²) in [5.41, 5.74) is 3.11. The van der Waals surface area contributed by atoms with E-state index in [1.54, 1.807) is 11.8 Å². The molecule has 2 atom stereocenters. The molecule has 0 bridgehead atoms. The van der Waals surface area contributed by atoms with Gasteiger partial charge in [-0.2, -0.15) is 0 Å². The normalized spacial score (nSPS) is 12.7. The van der Waals surface area contributed by atoms with Gasteiger partial charge in [0.1, 0.15) is 11.8 Å². The summed E-state index contributed by atoms with van der Waals surface area (Å²) in [6.45, 7) is 9.91. The van der Waals surface area contributed by atoms with Gasteiger partial charge in [-0.1, -0.05) is 52.7 Å². The first kappa shape index (κ1) is 23.9. The van der Waals surface area contributed by atoms with Crippen LogP contribution >= 0.6 is 15.9 Å². The molecule has 6 heteroatoms. The van der Waals surface area contributed by atoms with Crippen LogP contribution in [-0.4, -0.2) is 35.4 Å². The number of carbonyl (C=O) groups is 2. The van der Waals surface area contributed by atoms with Crippen LogP contribution in [-0.2, 0) is 16.1 Å². The van der Waals surface area contributed by atoms with Crippen molar-refractivity contribution in [2.45, 2.75) is 59.7 Å². The van der Waals surface area contributed by atoms with Crippen molar-refractivity contribution in [2.75, 3.05) is 6.61 Å². The lowest BCUT2D eigenvalue weighted by atomic mass is 10.1. The van der Waals surface area contributed by atoms with Crippen LogP contribution in [0.3, 0.4) is 0 Å². The quantitative estimate of drug-likeness (QED) is 0.568. The molecule has 0 spiro atoms. The lowest BCUT2D eigenvalue weighted by molar-refractivity contribution is -0.142. The van der Waals surface area contributed by atoms with Crippen molar-refractivity contribution in [3.63, 3.8) is 0 Å². The number of nitrogens with zero attached hydrogens (tertiary/aromatic N) is 1. The molecule has 0 fully saturated rings. The lowest BCUT2D eigenvalue weighted by Crippen LogP contribution is -2.50. The molecule has 0 aromatic heterocycles. The molecule has 30 heavy (non-hydrogen) atoms. The molecule has 2 rings (SSSR count). The van der Waals surface area contributed by atoms with Gasteiger partial charge in [-0.15, -0.1) is 0 Å². The number of hydrogen-bond acceptors (Lipinski definition) is 3. The number of benzene rings is 2. The Balaban J connectivity index is 2.16. The van der Waals surface area contributed by atoms with Crippen molar-refractivity contribution < 1.29 is 14.3 Å². The van der Waals surface area contributed by atoms with Gasteiger partial charge in [-0.25, -0.2) is 0 Å². The SMILES string of the molecule is CC[C@H](C)NC(=O)[C@H](C)N(Cc1cccc(C)c1)C(=O)COc1ccc(Br)c(C)c1. The van der Waals surface area contributed by atoms with Gasteiger partial charge < -0.3 is 15.0 Å². The Morgan fingerprint density at radius 1 is 1.13 bits per heavy atom. The Hall–Kier alpha value is -2.34. The smallest absolute Gasteiger partial charge is 0.261 e. The standard InChI is InChI=1S/C24H31BrN2O3/c1-6-18(4)26-24(29)19(5)27(14-20-9-7-8-16(2)12-20)23(28)15-30-21-10-11-22(25)17(3)13-21/h7-13,18-19H,6,14-15H2,1-5H3,(H,26,29)/t18-,19-/m0/s1. The largest absolute Gasteiger partial charge is 0.484 e. The molecule has 0 saturated carbocycles. The molecule has 0 aliphatic heterocycles. The van der Waals surface area contributed by atoms with E-state index in [2.05, 4.69) is 21.2 Å². The number of hydrogen-bond donors (Lipinski definition) is 1.